The molecular formula is C22H28N2O2. The average Bonchev–Trinajstić information content (AvgIpc) is 2.72. The summed E-state index contributed by atoms with van der Waals surface area (Å²) < 4.78 is 5.27. The number of carbonyl (C=O) groups excluding carboxylic acids is 1. The molecule has 1 saturated heterocycles. The van der Waals surface area contributed by atoms with Gasteiger partial charge in [-0.3, -0.25) is 4.79 Å². The van der Waals surface area contributed by atoms with Gasteiger partial charge in [0.05, 0.1) is 13.2 Å². The normalized spacial score (nSPS) is 17.2. The Kier molecular flexibility index (Phi) is 6.29. The summed E-state index contributed by atoms with van der Waals surface area (Å²) in [5.41, 5.74) is 3.68. The lowest BCUT2D eigenvalue weighted by Crippen LogP contribution is -2.48. The second kappa shape index (κ2) is 8.86. The Labute approximate surface area is 156 Å². The summed E-state index contributed by atoms with van der Waals surface area (Å²) in [6.07, 6.45) is 2.30. The van der Waals surface area contributed by atoms with Gasteiger partial charge in [-0.25, -0.2) is 0 Å². The van der Waals surface area contributed by atoms with Crippen molar-refractivity contribution in [1.29, 1.82) is 0 Å². The number of rotatable bonds is 6. The molecule has 0 radical (unpaired) electrons. The zero-order valence-electron chi connectivity index (χ0n) is 15.7. The van der Waals surface area contributed by atoms with Crippen LogP contribution in [0.5, 0.6) is 5.75 Å². The number of aryl methyl sites for hydroxylation is 2. The van der Waals surface area contributed by atoms with E-state index in [1.807, 2.05) is 23.1 Å². The fourth-order valence-corrected chi connectivity index (χ4v) is 3.50. The summed E-state index contributed by atoms with van der Waals surface area (Å²) in [6.45, 7) is 4.59. The van der Waals surface area contributed by atoms with Gasteiger partial charge in [0.15, 0.2) is 0 Å². The molecule has 2 aromatic carbocycles. The van der Waals surface area contributed by atoms with E-state index >= 15 is 0 Å². The topological polar surface area (TPSA) is 41.6 Å². The lowest BCUT2D eigenvalue weighted by Gasteiger charge is -2.36. The Morgan fingerprint density at radius 3 is 2.73 bits per heavy atom. The van der Waals surface area contributed by atoms with E-state index in [4.69, 9.17) is 4.74 Å². The number of amides is 1. The standard InChI is InChI=1S/C22H28N2O2/c1-3-17-7-10-19(11-8-17)21-16-23-13-14-24(21)22(25)12-9-18-5-4-6-20(15-18)26-2/h4-8,10-11,15,21,23H,3,9,12-14,16H2,1-2H3. The molecule has 2 aromatic rings. The molecule has 1 atom stereocenters. The molecule has 0 bridgehead atoms. The van der Waals surface area contributed by atoms with Gasteiger partial charge in [0, 0.05) is 26.1 Å². The molecule has 0 aromatic heterocycles. The summed E-state index contributed by atoms with van der Waals surface area (Å²) in [6, 6.07) is 16.7. The van der Waals surface area contributed by atoms with Crippen LogP contribution in [0.25, 0.3) is 0 Å². The highest BCUT2D eigenvalue weighted by molar-refractivity contribution is 5.77. The molecule has 0 saturated carbocycles. The first kappa shape index (κ1) is 18.5. The molecule has 1 N–H and O–H groups in total. The predicted molar refractivity (Wildman–Crippen MR) is 104 cm³/mol. The fourth-order valence-electron chi connectivity index (χ4n) is 3.50. The molecule has 1 amide bonds. The van der Waals surface area contributed by atoms with Crippen molar-refractivity contribution in [3.63, 3.8) is 0 Å². The number of hydrogen-bond acceptors (Lipinski definition) is 3. The molecule has 0 spiro atoms. The van der Waals surface area contributed by atoms with E-state index in [1.165, 1.54) is 11.1 Å². The molecule has 1 unspecified atom stereocenters. The predicted octanol–water partition coefficient (Wildman–Crippen LogP) is 3.36. The number of piperazine rings is 1. The van der Waals surface area contributed by atoms with Gasteiger partial charge in [0.1, 0.15) is 5.75 Å². The molecule has 1 aliphatic rings. The molecule has 1 fully saturated rings. The number of nitrogens with one attached hydrogen (secondary N) is 1. The summed E-state index contributed by atoms with van der Waals surface area (Å²) >= 11 is 0. The molecule has 4 heteroatoms. The summed E-state index contributed by atoms with van der Waals surface area (Å²) in [5.74, 6) is 1.06. The number of carbonyl (C=O) groups is 1. The first-order valence-corrected chi connectivity index (χ1v) is 9.43. The Morgan fingerprint density at radius 2 is 2.00 bits per heavy atom. The van der Waals surface area contributed by atoms with Gasteiger partial charge < -0.3 is 15.0 Å². The summed E-state index contributed by atoms with van der Waals surface area (Å²) in [5, 5.41) is 3.43. The third-order valence-corrected chi connectivity index (χ3v) is 5.10. The molecule has 1 aliphatic heterocycles. The third-order valence-electron chi connectivity index (χ3n) is 5.10. The Hall–Kier alpha value is -2.33. The van der Waals surface area contributed by atoms with Gasteiger partial charge in [0.25, 0.3) is 0 Å². The first-order chi connectivity index (χ1) is 12.7. The van der Waals surface area contributed by atoms with Gasteiger partial charge in [-0.05, 0) is 41.7 Å². The Bertz CT molecular complexity index is 727. The van der Waals surface area contributed by atoms with Crippen molar-refractivity contribution in [1.82, 2.24) is 10.2 Å². The third kappa shape index (κ3) is 4.44. The Balaban J connectivity index is 1.67. The number of ether oxygens (including phenoxy) is 1. The second-order valence-electron chi connectivity index (χ2n) is 6.75. The maximum Gasteiger partial charge on any atom is 0.223 e. The van der Waals surface area contributed by atoms with Gasteiger partial charge in [-0.1, -0.05) is 43.3 Å². The number of methoxy groups -OCH3 is 1. The molecule has 0 aliphatic carbocycles. The highest BCUT2D eigenvalue weighted by Crippen LogP contribution is 2.24. The van der Waals surface area contributed by atoms with Crippen LogP contribution in [0.1, 0.15) is 36.1 Å². The molecule has 138 valence electrons. The van der Waals surface area contributed by atoms with Crippen molar-refractivity contribution >= 4 is 5.91 Å². The molecule has 26 heavy (non-hydrogen) atoms. The van der Waals surface area contributed by atoms with Crippen molar-refractivity contribution < 1.29 is 9.53 Å². The van der Waals surface area contributed by atoms with Gasteiger partial charge in [0.2, 0.25) is 5.91 Å². The van der Waals surface area contributed by atoms with E-state index in [0.29, 0.717) is 6.42 Å². The van der Waals surface area contributed by atoms with Crippen LogP contribution in [0.3, 0.4) is 0 Å². The van der Waals surface area contributed by atoms with Crippen molar-refractivity contribution in [2.45, 2.75) is 32.2 Å². The minimum Gasteiger partial charge on any atom is -0.497 e. The van der Waals surface area contributed by atoms with E-state index in [-0.39, 0.29) is 11.9 Å². The highest BCUT2D eigenvalue weighted by Gasteiger charge is 2.27. The molecule has 4 nitrogen and oxygen atoms in total. The van der Waals surface area contributed by atoms with Gasteiger partial charge in [-0.15, -0.1) is 0 Å². The maximum atomic E-state index is 12.9. The van der Waals surface area contributed by atoms with E-state index < -0.39 is 0 Å². The van der Waals surface area contributed by atoms with Crippen LogP contribution in [0, 0.1) is 0 Å². The van der Waals surface area contributed by atoms with Gasteiger partial charge in [-0.2, -0.15) is 0 Å². The first-order valence-electron chi connectivity index (χ1n) is 9.43. The van der Waals surface area contributed by atoms with Crippen LogP contribution in [-0.2, 0) is 17.6 Å². The second-order valence-corrected chi connectivity index (χ2v) is 6.75. The summed E-state index contributed by atoms with van der Waals surface area (Å²) in [4.78, 5) is 14.9. The van der Waals surface area contributed by atoms with E-state index in [9.17, 15) is 4.79 Å². The zero-order chi connectivity index (χ0) is 18.4. The van der Waals surface area contributed by atoms with Crippen LogP contribution in [0.15, 0.2) is 48.5 Å². The van der Waals surface area contributed by atoms with Crippen LogP contribution in [0.2, 0.25) is 0 Å². The van der Waals surface area contributed by atoms with Crippen molar-refractivity contribution in [2.75, 3.05) is 26.7 Å². The van der Waals surface area contributed by atoms with Crippen molar-refractivity contribution in [3.05, 3.63) is 65.2 Å². The quantitative estimate of drug-likeness (QED) is 0.867. The van der Waals surface area contributed by atoms with Crippen LogP contribution < -0.4 is 10.1 Å². The average molecular weight is 352 g/mol. The monoisotopic (exact) mass is 352 g/mol. The van der Waals surface area contributed by atoms with E-state index in [0.717, 1.165) is 43.8 Å². The largest absolute Gasteiger partial charge is 0.497 e. The number of hydrogen-bond donors (Lipinski definition) is 1. The molecule has 1 heterocycles. The summed E-state index contributed by atoms with van der Waals surface area (Å²) in [7, 11) is 1.67. The smallest absolute Gasteiger partial charge is 0.223 e. The van der Waals surface area contributed by atoms with Crippen LogP contribution in [0.4, 0.5) is 0 Å². The van der Waals surface area contributed by atoms with Crippen LogP contribution >= 0.6 is 0 Å². The lowest BCUT2D eigenvalue weighted by atomic mass is 10.00. The fraction of sp³-hybridized carbons (Fsp3) is 0.409. The zero-order valence-corrected chi connectivity index (χ0v) is 15.7. The minimum atomic E-state index is 0.118. The number of benzene rings is 2. The van der Waals surface area contributed by atoms with E-state index in [1.54, 1.807) is 7.11 Å². The van der Waals surface area contributed by atoms with Crippen molar-refractivity contribution in [3.8, 4) is 5.75 Å². The number of nitrogens with zero attached hydrogens (tertiary/aromatic N) is 1. The van der Waals surface area contributed by atoms with Crippen LogP contribution in [-0.4, -0.2) is 37.6 Å². The molecular weight excluding hydrogens is 324 g/mol. The SMILES string of the molecule is CCc1ccc(C2CNCCN2C(=O)CCc2cccc(OC)c2)cc1. The molecule has 3 rings (SSSR count). The lowest BCUT2D eigenvalue weighted by molar-refractivity contribution is -0.134. The minimum absolute atomic E-state index is 0.118. The Morgan fingerprint density at radius 1 is 1.19 bits per heavy atom. The highest BCUT2D eigenvalue weighted by atomic mass is 16.5. The van der Waals surface area contributed by atoms with E-state index in [2.05, 4.69) is 42.6 Å². The maximum absolute atomic E-state index is 12.9. The van der Waals surface area contributed by atoms with Gasteiger partial charge >= 0.3 is 0 Å². The van der Waals surface area contributed by atoms with Crippen molar-refractivity contribution in [2.24, 2.45) is 0 Å².